The Morgan fingerprint density at radius 3 is 1.94 bits per heavy atom. The zero-order valence-electron chi connectivity index (χ0n) is 19.9. The van der Waals surface area contributed by atoms with Gasteiger partial charge < -0.3 is 4.98 Å². The van der Waals surface area contributed by atoms with Crippen LogP contribution in [0.1, 0.15) is 16.7 Å². The van der Waals surface area contributed by atoms with E-state index in [1.807, 2.05) is 6.20 Å². The molecule has 1 nitrogen and oxygen atoms in total. The SMILES string of the molecule is Cc1cc(C)c(-c2c[c-]c3c(c2)[Si]2(c4ccccc4-c4ccccc42)c2cccnc2-3)c(C)c1.[Ir]. The van der Waals surface area contributed by atoms with Crippen LogP contribution < -0.4 is 20.7 Å². The summed E-state index contributed by atoms with van der Waals surface area (Å²) in [6.45, 7) is 6.63. The van der Waals surface area contributed by atoms with Gasteiger partial charge in [0.1, 0.15) is 8.07 Å². The maximum absolute atomic E-state index is 4.92. The number of aromatic nitrogens is 1. The van der Waals surface area contributed by atoms with Gasteiger partial charge in [-0.3, -0.25) is 0 Å². The molecule has 0 aliphatic carbocycles. The Morgan fingerprint density at radius 2 is 1.29 bits per heavy atom. The molecule has 1 spiro atoms. The summed E-state index contributed by atoms with van der Waals surface area (Å²) in [5.41, 5.74) is 11.6. The second-order valence-corrected chi connectivity index (χ2v) is 13.3. The van der Waals surface area contributed by atoms with Crippen LogP contribution in [0.15, 0.2) is 91.1 Å². The van der Waals surface area contributed by atoms with E-state index in [2.05, 4.69) is 112 Å². The molecule has 1 radical (unpaired) electrons. The molecule has 0 unspecified atom stereocenters. The van der Waals surface area contributed by atoms with Crippen molar-refractivity contribution in [2.75, 3.05) is 0 Å². The summed E-state index contributed by atoms with van der Waals surface area (Å²) < 4.78 is 0. The Kier molecular flexibility index (Phi) is 5.09. The van der Waals surface area contributed by atoms with Gasteiger partial charge in [-0.05, 0) is 54.0 Å². The Balaban J connectivity index is 0.00000229. The monoisotopic (exact) mass is 643 g/mol. The van der Waals surface area contributed by atoms with Crippen LogP contribution in [0.5, 0.6) is 0 Å². The first-order valence-corrected chi connectivity index (χ1v) is 13.9. The molecule has 0 atom stereocenters. The Labute approximate surface area is 221 Å². The molecule has 2 aliphatic heterocycles. The first-order valence-electron chi connectivity index (χ1n) is 11.9. The number of rotatable bonds is 1. The van der Waals surface area contributed by atoms with Crippen molar-refractivity contribution in [1.29, 1.82) is 0 Å². The fourth-order valence-electron chi connectivity index (χ4n) is 6.64. The third kappa shape index (κ3) is 2.86. The molecule has 0 fully saturated rings. The van der Waals surface area contributed by atoms with E-state index < -0.39 is 8.07 Å². The van der Waals surface area contributed by atoms with Gasteiger partial charge in [-0.1, -0.05) is 99.7 Å². The average molecular weight is 643 g/mol. The molecule has 171 valence electrons. The van der Waals surface area contributed by atoms with Crippen molar-refractivity contribution in [3.05, 3.63) is 114 Å². The van der Waals surface area contributed by atoms with Crippen LogP contribution in [0.4, 0.5) is 0 Å². The second-order valence-electron chi connectivity index (χ2n) is 9.69. The van der Waals surface area contributed by atoms with Crippen LogP contribution >= 0.6 is 0 Å². The molecule has 0 N–H and O–H groups in total. The maximum Gasteiger partial charge on any atom is 0.128 e. The van der Waals surface area contributed by atoms with Crippen molar-refractivity contribution < 1.29 is 20.1 Å². The molecular weight excluding hydrogens is 619 g/mol. The van der Waals surface area contributed by atoms with E-state index in [9.17, 15) is 0 Å². The maximum atomic E-state index is 4.92. The van der Waals surface area contributed by atoms with Crippen LogP contribution in [0.25, 0.3) is 33.5 Å². The normalized spacial score (nSPS) is 13.6. The fourth-order valence-corrected chi connectivity index (χ4v) is 12.1. The quantitative estimate of drug-likeness (QED) is 0.185. The molecule has 0 saturated carbocycles. The van der Waals surface area contributed by atoms with Gasteiger partial charge in [0.05, 0.1) is 0 Å². The summed E-state index contributed by atoms with van der Waals surface area (Å²) in [5.74, 6) is 0. The Morgan fingerprint density at radius 1 is 0.686 bits per heavy atom. The standard InChI is InChI=1S/C32H24NSi.Ir/c1-20-17-21(2)31(22(3)18-20)23-14-15-26-30(19-23)34(29-13-8-16-33-32(26)29)27-11-6-4-9-24(27)25-10-5-7-12-28(25)34;/h4-14,16-19H,1-3H3;/q-1;. The predicted molar refractivity (Wildman–Crippen MR) is 144 cm³/mol. The molecule has 3 heterocycles. The van der Waals surface area contributed by atoms with E-state index in [0.29, 0.717) is 0 Å². The van der Waals surface area contributed by atoms with E-state index >= 15 is 0 Å². The smallest absolute Gasteiger partial charge is 0.128 e. The first-order chi connectivity index (χ1) is 16.6. The van der Waals surface area contributed by atoms with E-state index in [1.54, 1.807) is 0 Å². The number of nitrogens with zero attached hydrogens (tertiary/aromatic N) is 1. The first kappa shape index (κ1) is 22.4. The topological polar surface area (TPSA) is 12.9 Å². The van der Waals surface area contributed by atoms with Crippen LogP contribution in [0.3, 0.4) is 0 Å². The fraction of sp³-hybridized carbons (Fsp3) is 0.0938. The summed E-state index contributed by atoms with van der Waals surface area (Å²) in [5, 5.41) is 5.78. The third-order valence-corrected chi connectivity index (χ3v) is 12.6. The summed E-state index contributed by atoms with van der Waals surface area (Å²) in [4.78, 5) is 4.92. The molecule has 0 amide bonds. The molecule has 1 aromatic heterocycles. The van der Waals surface area contributed by atoms with Gasteiger partial charge in [0.2, 0.25) is 0 Å². The van der Waals surface area contributed by atoms with E-state index in [-0.39, 0.29) is 20.1 Å². The molecule has 4 aromatic carbocycles. The molecule has 3 heteroatoms. The number of hydrogen-bond acceptors (Lipinski definition) is 1. The minimum absolute atomic E-state index is 0. The van der Waals surface area contributed by atoms with Crippen molar-refractivity contribution in [1.82, 2.24) is 4.98 Å². The zero-order chi connectivity index (χ0) is 23.0. The number of benzene rings is 4. The van der Waals surface area contributed by atoms with Crippen molar-refractivity contribution in [3.8, 4) is 33.5 Å². The molecule has 35 heavy (non-hydrogen) atoms. The largest absolute Gasteiger partial charge is 0.305 e. The third-order valence-electron chi connectivity index (χ3n) is 7.71. The molecule has 0 bridgehead atoms. The zero-order valence-corrected chi connectivity index (χ0v) is 23.3. The minimum Gasteiger partial charge on any atom is -0.305 e. The summed E-state index contributed by atoms with van der Waals surface area (Å²) in [7, 11) is -2.46. The minimum atomic E-state index is -2.46. The van der Waals surface area contributed by atoms with Crippen LogP contribution in [-0.2, 0) is 20.1 Å². The summed E-state index contributed by atoms with van der Waals surface area (Å²) in [6.07, 6.45) is 1.93. The van der Waals surface area contributed by atoms with Crippen LogP contribution in [-0.4, -0.2) is 13.1 Å². The number of pyridine rings is 1. The van der Waals surface area contributed by atoms with Gasteiger partial charge in [-0.2, -0.15) is 0 Å². The molecule has 2 aliphatic rings. The van der Waals surface area contributed by atoms with E-state index in [1.165, 1.54) is 65.3 Å². The van der Waals surface area contributed by atoms with Gasteiger partial charge in [0.25, 0.3) is 0 Å². The van der Waals surface area contributed by atoms with Gasteiger partial charge in [-0.25, -0.2) is 0 Å². The summed E-state index contributed by atoms with van der Waals surface area (Å²) in [6, 6.07) is 35.5. The average Bonchev–Trinajstić information content (AvgIpc) is 3.31. The van der Waals surface area contributed by atoms with Crippen LogP contribution in [0, 0.1) is 26.8 Å². The van der Waals surface area contributed by atoms with Gasteiger partial charge in [-0.15, -0.1) is 28.9 Å². The number of hydrogen-bond donors (Lipinski definition) is 0. The van der Waals surface area contributed by atoms with Gasteiger partial charge >= 0.3 is 0 Å². The molecule has 0 saturated heterocycles. The molecule has 5 aromatic rings. The van der Waals surface area contributed by atoms with Gasteiger partial charge in [0.15, 0.2) is 0 Å². The van der Waals surface area contributed by atoms with Crippen LogP contribution in [0.2, 0.25) is 0 Å². The van der Waals surface area contributed by atoms with E-state index in [0.717, 1.165) is 5.69 Å². The van der Waals surface area contributed by atoms with Crippen molar-refractivity contribution in [2.24, 2.45) is 0 Å². The molecule has 7 rings (SSSR count). The molecular formula is C32H24IrNSi-. The summed E-state index contributed by atoms with van der Waals surface area (Å²) >= 11 is 0. The number of fused-ring (bicyclic) bond motifs is 10. The predicted octanol–water partition coefficient (Wildman–Crippen LogP) is 4.81. The van der Waals surface area contributed by atoms with E-state index in [4.69, 9.17) is 4.98 Å². The second kappa shape index (κ2) is 7.96. The van der Waals surface area contributed by atoms with Crippen molar-refractivity contribution in [2.45, 2.75) is 20.8 Å². The Bertz CT molecular complexity index is 1570. The van der Waals surface area contributed by atoms with Crippen molar-refractivity contribution >= 4 is 28.8 Å². The number of aryl methyl sites for hydroxylation is 3. The van der Waals surface area contributed by atoms with Crippen molar-refractivity contribution in [3.63, 3.8) is 0 Å². The Hall–Kier alpha value is -3.10. The van der Waals surface area contributed by atoms with Gasteiger partial charge in [0, 0.05) is 26.3 Å².